The van der Waals surface area contributed by atoms with E-state index in [0.717, 1.165) is 0 Å². The van der Waals surface area contributed by atoms with Crippen molar-refractivity contribution in [3.05, 3.63) is 28.2 Å². The van der Waals surface area contributed by atoms with Crippen LogP contribution < -0.4 is 4.74 Å². The van der Waals surface area contributed by atoms with Crippen molar-refractivity contribution in [1.82, 2.24) is 0 Å². The van der Waals surface area contributed by atoms with Gasteiger partial charge < -0.3 is 9.47 Å². The Balaban J connectivity index is 2.73. The molecule has 1 rings (SSSR count). The SMILES string of the molecule is CCOC(=O)[C@@H](CC)Oc1ccc(Cl)c(Cl)c1. The van der Waals surface area contributed by atoms with Gasteiger partial charge in [-0.15, -0.1) is 0 Å². The van der Waals surface area contributed by atoms with E-state index in [1.54, 1.807) is 25.1 Å². The highest BCUT2D eigenvalue weighted by molar-refractivity contribution is 6.42. The van der Waals surface area contributed by atoms with Crippen molar-refractivity contribution in [3.8, 4) is 5.75 Å². The molecule has 0 saturated heterocycles. The zero-order valence-electron chi connectivity index (χ0n) is 9.70. The quantitative estimate of drug-likeness (QED) is 0.769. The Bertz CT molecular complexity index is 393. The van der Waals surface area contributed by atoms with E-state index in [2.05, 4.69) is 0 Å². The van der Waals surface area contributed by atoms with Gasteiger partial charge in [-0.1, -0.05) is 30.1 Å². The van der Waals surface area contributed by atoms with E-state index in [9.17, 15) is 4.79 Å². The molecule has 3 nitrogen and oxygen atoms in total. The summed E-state index contributed by atoms with van der Waals surface area (Å²) in [5.41, 5.74) is 0. The highest BCUT2D eigenvalue weighted by Crippen LogP contribution is 2.27. The van der Waals surface area contributed by atoms with Gasteiger partial charge in [0.25, 0.3) is 0 Å². The van der Waals surface area contributed by atoms with E-state index < -0.39 is 6.10 Å². The first kappa shape index (κ1) is 14.1. The second-order valence-electron chi connectivity index (χ2n) is 3.34. The van der Waals surface area contributed by atoms with Crippen molar-refractivity contribution in [2.45, 2.75) is 26.4 Å². The van der Waals surface area contributed by atoms with Crippen LogP contribution in [0.1, 0.15) is 20.3 Å². The molecule has 0 aromatic heterocycles. The second kappa shape index (κ2) is 6.72. The topological polar surface area (TPSA) is 35.5 Å². The lowest BCUT2D eigenvalue weighted by Crippen LogP contribution is -2.28. The fourth-order valence-corrected chi connectivity index (χ4v) is 1.54. The predicted molar refractivity (Wildman–Crippen MR) is 67.8 cm³/mol. The van der Waals surface area contributed by atoms with Crippen molar-refractivity contribution in [1.29, 1.82) is 0 Å². The van der Waals surface area contributed by atoms with Crippen molar-refractivity contribution >= 4 is 29.2 Å². The van der Waals surface area contributed by atoms with E-state index in [-0.39, 0.29) is 5.97 Å². The highest BCUT2D eigenvalue weighted by atomic mass is 35.5. The lowest BCUT2D eigenvalue weighted by atomic mass is 10.2. The van der Waals surface area contributed by atoms with Crippen LogP contribution in [-0.4, -0.2) is 18.7 Å². The van der Waals surface area contributed by atoms with Gasteiger partial charge >= 0.3 is 5.97 Å². The Morgan fingerprint density at radius 3 is 2.53 bits per heavy atom. The maximum absolute atomic E-state index is 11.5. The Morgan fingerprint density at radius 1 is 1.29 bits per heavy atom. The Hall–Kier alpha value is -0.930. The van der Waals surface area contributed by atoms with Crippen LogP contribution in [0.3, 0.4) is 0 Å². The molecule has 0 aliphatic heterocycles. The molecule has 5 heteroatoms. The first-order valence-corrected chi connectivity index (χ1v) is 6.12. The Kier molecular flexibility index (Phi) is 5.59. The van der Waals surface area contributed by atoms with Gasteiger partial charge in [-0.2, -0.15) is 0 Å². The molecule has 0 unspecified atom stereocenters. The zero-order chi connectivity index (χ0) is 12.8. The normalized spacial score (nSPS) is 12.0. The molecular weight excluding hydrogens is 263 g/mol. The summed E-state index contributed by atoms with van der Waals surface area (Å²) in [7, 11) is 0. The summed E-state index contributed by atoms with van der Waals surface area (Å²) in [5, 5.41) is 0.839. The van der Waals surface area contributed by atoms with E-state index >= 15 is 0 Å². The summed E-state index contributed by atoms with van der Waals surface area (Å²) in [5.74, 6) is 0.125. The monoisotopic (exact) mass is 276 g/mol. The van der Waals surface area contributed by atoms with Crippen LogP contribution in [0.15, 0.2) is 18.2 Å². The number of hydrogen-bond acceptors (Lipinski definition) is 3. The summed E-state index contributed by atoms with van der Waals surface area (Å²) in [6, 6.07) is 4.86. The fourth-order valence-electron chi connectivity index (χ4n) is 1.25. The maximum Gasteiger partial charge on any atom is 0.347 e. The lowest BCUT2D eigenvalue weighted by molar-refractivity contribution is -0.151. The molecule has 0 aliphatic rings. The molecule has 17 heavy (non-hydrogen) atoms. The highest BCUT2D eigenvalue weighted by Gasteiger charge is 2.19. The molecule has 94 valence electrons. The summed E-state index contributed by atoms with van der Waals surface area (Å²) in [6.07, 6.45) is -0.0915. The summed E-state index contributed by atoms with van der Waals surface area (Å²) in [4.78, 5) is 11.5. The number of esters is 1. The molecule has 0 spiro atoms. The largest absolute Gasteiger partial charge is 0.479 e. The van der Waals surface area contributed by atoms with E-state index in [4.69, 9.17) is 32.7 Å². The van der Waals surface area contributed by atoms with Crippen LogP contribution in [0.2, 0.25) is 10.0 Å². The first-order chi connectivity index (χ1) is 8.08. The van der Waals surface area contributed by atoms with Crippen LogP contribution in [0.4, 0.5) is 0 Å². The molecule has 0 aliphatic carbocycles. The molecule has 0 radical (unpaired) electrons. The van der Waals surface area contributed by atoms with E-state index in [1.165, 1.54) is 0 Å². The Labute approximate surface area is 111 Å². The number of halogens is 2. The number of rotatable bonds is 5. The molecule has 0 heterocycles. The minimum atomic E-state index is -0.618. The number of hydrogen-bond donors (Lipinski definition) is 0. The first-order valence-electron chi connectivity index (χ1n) is 5.36. The molecule has 0 bridgehead atoms. The molecule has 1 aromatic carbocycles. The minimum absolute atomic E-state index is 0.333. The van der Waals surface area contributed by atoms with Gasteiger partial charge in [0.2, 0.25) is 0 Å². The lowest BCUT2D eigenvalue weighted by Gasteiger charge is -2.16. The standard InChI is InChI=1S/C12H14Cl2O3/c1-3-11(12(15)16-4-2)17-8-5-6-9(13)10(14)7-8/h5-7,11H,3-4H2,1-2H3/t11-/m1/s1. The minimum Gasteiger partial charge on any atom is -0.479 e. The third kappa shape index (κ3) is 4.10. The number of carbonyl (C=O) groups excluding carboxylic acids is 1. The van der Waals surface area contributed by atoms with Crippen LogP contribution >= 0.6 is 23.2 Å². The Morgan fingerprint density at radius 2 is 2.00 bits per heavy atom. The maximum atomic E-state index is 11.5. The fraction of sp³-hybridized carbons (Fsp3) is 0.417. The van der Waals surface area contributed by atoms with Gasteiger partial charge in [0.15, 0.2) is 6.10 Å². The molecule has 1 aromatic rings. The van der Waals surface area contributed by atoms with Gasteiger partial charge in [0.1, 0.15) is 5.75 Å². The predicted octanol–water partition coefficient (Wildman–Crippen LogP) is 3.71. The second-order valence-corrected chi connectivity index (χ2v) is 4.16. The van der Waals surface area contributed by atoms with Gasteiger partial charge in [0, 0.05) is 6.07 Å². The molecule has 0 fully saturated rings. The van der Waals surface area contributed by atoms with Gasteiger partial charge in [0.05, 0.1) is 16.7 Å². The molecule has 0 N–H and O–H groups in total. The van der Waals surface area contributed by atoms with Crippen molar-refractivity contribution in [2.75, 3.05) is 6.61 Å². The van der Waals surface area contributed by atoms with Crippen molar-refractivity contribution in [3.63, 3.8) is 0 Å². The number of carbonyl (C=O) groups is 1. The third-order valence-electron chi connectivity index (χ3n) is 2.09. The van der Waals surface area contributed by atoms with Gasteiger partial charge in [-0.05, 0) is 25.5 Å². The third-order valence-corrected chi connectivity index (χ3v) is 2.83. The van der Waals surface area contributed by atoms with Crippen LogP contribution in [0.25, 0.3) is 0 Å². The van der Waals surface area contributed by atoms with E-state index in [1.807, 2.05) is 6.92 Å². The number of ether oxygens (including phenoxy) is 2. The molecular formula is C12H14Cl2O3. The molecule has 0 saturated carbocycles. The van der Waals surface area contributed by atoms with Gasteiger partial charge in [-0.3, -0.25) is 0 Å². The van der Waals surface area contributed by atoms with Crippen molar-refractivity contribution < 1.29 is 14.3 Å². The van der Waals surface area contributed by atoms with Crippen LogP contribution in [0, 0.1) is 0 Å². The van der Waals surface area contributed by atoms with E-state index in [0.29, 0.717) is 28.8 Å². The molecule has 0 amide bonds. The summed E-state index contributed by atoms with van der Waals surface area (Å²) >= 11 is 11.6. The average Bonchev–Trinajstić information content (AvgIpc) is 2.30. The smallest absolute Gasteiger partial charge is 0.347 e. The summed E-state index contributed by atoms with van der Waals surface area (Å²) in [6.45, 7) is 3.93. The number of benzene rings is 1. The average molecular weight is 277 g/mol. The molecule has 1 atom stereocenters. The van der Waals surface area contributed by atoms with Crippen molar-refractivity contribution in [2.24, 2.45) is 0 Å². The van der Waals surface area contributed by atoms with Gasteiger partial charge in [-0.25, -0.2) is 4.79 Å². The summed E-state index contributed by atoms with van der Waals surface area (Å²) < 4.78 is 10.4. The van der Waals surface area contributed by atoms with Crippen LogP contribution in [-0.2, 0) is 9.53 Å². The van der Waals surface area contributed by atoms with Crippen LogP contribution in [0.5, 0.6) is 5.75 Å². The zero-order valence-corrected chi connectivity index (χ0v) is 11.2.